The van der Waals surface area contributed by atoms with Gasteiger partial charge in [0, 0.05) is 55.7 Å². The Balaban J connectivity index is 1.12. The third-order valence-electron chi connectivity index (χ3n) is 9.31. The highest BCUT2D eigenvalue weighted by Crippen LogP contribution is 2.39. The number of H-pyrrole nitrogens is 1. The molecule has 0 bridgehead atoms. The molecule has 4 N–H and O–H groups in total. The summed E-state index contributed by atoms with van der Waals surface area (Å²) in [6, 6.07) is 13.8. The Bertz CT molecular complexity index is 1650. The Morgan fingerprint density at radius 3 is 2.37 bits per heavy atom. The van der Waals surface area contributed by atoms with Crippen molar-refractivity contribution in [3.8, 4) is 11.1 Å². The molecule has 1 aliphatic carbocycles. The van der Waals surface area contributed by atoms with Crippen LogP contribution in [0, 0.1) is 13.8 Å². The molecule has 2 fully saturated rings. The molecule has 9 heteroatoms. The summed E-state index contributed by atoms with van der Waals surface area (Å²) in [6.45, 7) is 8.96. The number of benzene rings is 2. The first-order chi connectivity index (χ1) is 19.9. The van der Waals surface area contributed by atoms with Crippen LogP contribution < -0.4 is 11.1 Å². The van der Waals surface area contributed by atoms with Crippen molar-refractivity contribution in [3.63, 3.8) is 0 Å². The molecule has 41 heavy (non-hydrogen) atoms. The molecule has 212 valence electrons. The largest absolute Gasteiger partial charge is 0.383 e. The zero-order valence-corrected chi connectivity index (χ0v) is 24.2. The molecular formula is C32H39N9. The second kappa shape index (κ2) is 10.5. The van der Waals surface area contributed by atoms with Gasteiger partial charge in [0.1, 0.15) is 17.8 Å². The molecule has 5 aromatic rings. The van der Waals surface area contributed by atoms with Crippen molar-refractivity contribution in [1.29, 1.82) is 0 Å². The highest BCUT2D eigenvalue weighted by Gasteiger charge is 2.30. The maximum absolute atomic E-state index is 6.46. The summed E-state index contributed by atoms with van der Waals surface area (Å²) < 4.78 is 2.37. The van der Waals surface area contributed by atoms with Crippen LogP contribution in [0.25, 0.3) is 33.2 Å². The van der Waals surface area contributed by atoms with Crippen LogP contribution in [-0.2, 0) is 0 Å². The predicted molar refractivity (Wildman–Crippen MR) is 167 cm³/mol. The number of piperazine rings is 1. The van der Waals surface area contributed by atoms with Gasteiger partial charge < -0.3 is 25.5 Å². The van der Waals surface area contributed by atoms with Crippen molar-refractivity contribution in [2.75, 3.05) is 44.3 Å². The molecule has 2 aromatic carbocycles. The van der Waals surface area contributed by atoms with E-state index < -0.39 is 0 Å². The minimum atomic E-state index is 0.422. The lowest BCUT2D eigenvalue weighted by atomic mass is 9.89. The normalized spacial score (nSPS) is 20.7. The topological polar surface area (TPSA) is 104 Å². The maximum atomic E-state index is 6.46. The van der Waals surface area contributed by atoms with Crippen LogP contribution in [0.3, 0.4) is 0 Å². The van der Waals surface area contributed by atoms with Crippen LogP contribution >= 0.6 is 0 Å². The number of aromatic amines is 1. The number of nitrogens with one attached hydrogen (secondary N) is 2. The van der Waals surface area contributed by atoms with Gasteiger partial charge in [-0.2, -0.15) is 0 Å². The Hall–Kier alpha value is -3.95. The third kappa shape index (κ3) is 4.93. The van der Waals surface area contributed by atoms with E-state index in [1.165, 1.54) is 50.1 Å². The Kier molecular flexibility index (Phi) is 6.63. The standard InChI is InChI=1S/C32H39N9/c1-20-16-27-28(17-21(20)2)38-32(37-27)36-23-6-4-22(5-7-23)26-18-41(31-29(26)30(33)34-19-35-31)25-10-8-24(9-11-25)40-14-12-39(3)13-15-40/h4-7,16-19,24-25H,8-15H2,1-3H3,(H2,33,34,35)(H2,36,37,38). The summed E-state index contributed by atoms with van der Waals surface area (Å²) in [5, 5.41) is 4.36. The molecule has 1 aliphatic heterocycles. The fourth-order valence-corrected chi connectivity index (χ4v) is 6.69. The number of hydrogen-bond donors (Lipinski definition) is 3. The number of nitrogens with two attached hydrogens (primary N) is 1. The number of anilines is 3. The van der Waals surface area contributed by atoms with Gasteiger partial charge in [-0.3, -0.25) is 4.90 Å². The van der Waals surface area contributed by atoms with Crippen LogP contribution in [0.4, 0.5) is 17.5 Å². The first kappa shape index (κ1) is 26.0. The zero-order chi connectivity index (χ0) is 28.1. The lowest BCUT2D eigenvalue weighted by Crippen LogP contribution is -2.49. The van der Waals surface area contributed by atoms with E-state index in [2.05, 4.69) is 93.1 Å². The van der Waals surface area contributed by atoms with Crippen LogP contribution in [0.2, 0.25) is 0 Å². The van der Waals surface area contributed by atoms with Gasteiger partial charge >= 0.3 is 0 Å². The van der Waals surface area contributed by atoms with Gasteiger partial charge in [-0.1, -0.05) is 12.1 Å². The predicted octanol–water partition coefficient (Wildman–Crippen LogP) is 5.65. The monoisotopic (exact) mass is 549 g/mol. The number of aryl methyl sites for hydroxylation is 2. The van der Waals surface area contributed by atoms with E-state index >= 15 is 0 Å². The molecule has 0 spiro atoms. The van der Waals surface area contributed by atoms with E-state index in [0.717, 1.165) is 57.7 Å². The smallest absolute Gasteiger partial charge is 0.205 e. The number of nitrogen functional groups attached to an aromatic ring is 1. The maximum Gasteiger partial charge on any atom is 0.205 e. The third-order valence-corrected chi connectivity index (χ3v) is 9.31. The molecule has 0 atom stereocenters. The highest BCUT2D eigenvalue weighted by atomic mass is 15.3. The zero-order valence-electron chi connectivity index (χ0n) is 24.2. The fourth-order valence-electron chi connectivity index (χ4n) is 6.69. The first-order valence-corrected chi connectivity index (χ1v) is 14.8. The fraction of sp³-hybridized carbons (Fsp3) is 0.406. The van der Waals surface area contributed by atoms with Crippen molar-refractivity contribution in [1.82, 2.24) is 34.3 Å². The van der Waals surface area contributed by atoms with Gasteiger partial charge in [0.2, 0.25) is 5.95 Å². The minimum Gasteiger partial charge on any atom is -0.383 e. The van der Waals surface area contributed by atoms with Gasteiger partial charge in [-0.05, 0) is 87.5 Å². The van der Waals surface area contributed by atoms with Gasteiger partial charge in [0.25, 0.3) is 0 Å². The van der Waals surface area contributed by atoms with Gasteiger partial charge in [-0.25, -0.2) is 15.0 Å². The van der Waals surface area contributed by atoms with E-state index in [1.54, 1.807) is 6.33 Å². The molecule has 3 aromatic heterocycles. The Labute approximate surface area is 240 Å². The SMILES string of the molecule is Cc1cc2nc(Nc3ccc(-c4cn(C5CCC(N6CCN(C)CC6)CC5)c5ncnc(N)c45)cc3)[nH]c2cc1C. The quantitative estimate of drug-likeness (QED) is 0.260. The lowest BCUT2D eigenvalue weighted by molar-refractivity contribution is 0.0828. The highest BCUT2D eigenvalue weighted by molar-refractivity contribution is 6.00. The summed E-state index contributed by atoms with van der Waals surface area (Å²) >= 11 is 0. The molecule has 4 heterocycles. The van der Waals surface area contributed by atoms with E-state index in [4.69, 9.17) is 15.7 Å². The summed E-state index contributed by atoms with van der Waals surface area (Å²) in [7, 11) is 2.22. The van der Waals surface area contributed by atoms with Crippen molar-refractivity contribution in [2.24, 2.45) is 0 Å². The van der Waals surface area contributed by atoms with E-state index in [-0.39, 0.29) is 0 Å². The number of nitrogens with zero attached hydrogens (tertiary/aromatic N) is 6. The molecular weight excluding hydrogens is 510 g/mol. The first-order valence-electron chi connectivity index (χ1n) is 14.8. The molecule has 2 aliphatic rings. The number of fused-ring (bicyclic) bond motifs is 2. The van der Waals surface area contributed by atoms with Crippen molar-refractivity contribution in [3.05, 3.63) is 60.0 Å². The molecule has 7 rings (SSSR count). The minimum absolute atomic E-state index is 0.422. The number of imidazole rings is 1. The number of hydrogen-bond acceptors (Lipinski definition) is 7. The van der Waals surface area contributed by atoms with E-state index in [9.17, 15) is 0 Å². The van der Waals surface area contributed by atoms with Crippen molar-refractivity contribution in [2.45, 2.75) is 51.6 Å². The molecule has 0 amide bonds. The van der Waals surface area contributed by atoms with E-state index in [1.807, 2.05) is 0 Å². The summed E-state index contributed by atoms with van der Waals surface area (Å²) in [5.74, 6) is 1.27. The van der Waals surface area contributed by atoms with Crippen LogP contribution in [0.15, 0.2) is 48.9 Å². The summed E-state index contributed by atoms with van der Waals surface area (Å²) in [6.07, 6.45) is 8.61. The average Bonchev–Trinajstić information content (AvgIpc) is 3.56. The van der Waals surface area contributed by atoms with Crippen molar-refractivity contribution < 1.29 is 0 Å². The van der Waals surface area contributed by atoms with Crippen molar-refractivity contribution >= 4 is 39.5 Å². The van der Waals surface area contributed by atoms with Gasteiger partial charge in [0.05, 0.1) is 16.4 Å². The Morgan fingerprint density at radius 1 is 0.902 bits per heavy atom. The lowest BCUT2D eigenvalue weighted by Gasteiger charge is -2.41. The van der Waals surface area contributed by atoms with Crippen LogP contribution in [0.1, 0.15) is 42.9 Å². The summed E-state index contributed by atoms with van der Waals surface area (Å²) in [4.78, 5) is 22.3. The molecule has 1 saturated heterocycles. The second-order valence-electron chi connectivity index (χ2n) is 12.0. The average molecular weight is 550 g/mol. The van der Waals surface area contributed by atoms with E-state index in [0.29, 0.717) is 17.9 Å². The summed E-state index contributed by atoms with van der Waals surface area (Å²) in [5.41, 5.74) is 15.0. The molecule has 1 saturated carbocycles. The van der Waals surface area contributed by atoms with Crippen LogP contribution in [0.5, 0.6) is 0 Å². The van der Waals surface area contributed by atoms with Gasteiger partial charge in [0.15, 0.2) is 0 Å². The number of likely N-dealkylation sites (N-methyl/N-ethyl adjacent to an activating group) is 1. The Morgan fingerprint density at radius 2 is 1.61 bits per heavy atom. The molecule has 0 radical (unpaired) electrons. The number of rotatable bonds is 5. The number of aromatic nitrogens is 5. The van der Waals surface area contributed by atoms with Gasteiger partial charge in [-0.15, -0.1) is 0 Å². The second-order valence-corrected chi connectivity index (χ2v) is 12.0. The molecule has 0 unspecified atom stereocenters. The van der Waals surface area contributed by atoms with Crippen LogP contribution in [-0.4, -0.2) is 73.6 Å². The molecule has 9 nitrogen and oxygen atoms in total.